The van der Waals surface area contributed by atoms with Crippen molar-refractivity contribution in [1.29, 1.82) is 0 Å². The number of amides is 1. The van der Waals surface area contributed by atoms with Crippen LogP contribution in [-0.2, 0) is 6.54 Å². The molecule has 0 radical (unpaired) electrons. The average Bonchev–Trinajstić information content (AvgIpc) is 3.40. The van der Waals surface area contributed by atoms with Gasteiger partial charge < -0.3 is 14.2 Å². The van der Waals surface area contributed by atoms with Crippen molar-refractivity contribution in [2.45, 2.75) is 12.6 Å². The molecule has 1 fully saturated rings. The van der Waals surface area contributed by atoms with Crippen LogP contribution in [0.25, 0.3) is 11.4 Å². The molecule has 1 saturated heterocycles. The molecule has 1 aliphatic heterocycles. The Morgan fingerprint density at radius 2 is 1.68 bits per heavy atom. The number of carbonyl (C=O) groups excluding carboxylic acids is 1. The number of aromatic nitrogens is 2. The lowest BCUT2D eigenvalue weighted by atomic mass is 10.1. The van der Waals surface area contributed by atoms with Crippen LogP contribution in [-0.4, -0.2) is 52.6 Å². The number of hydrogen-bond donors (Lipinski definition) is 0. The van der Waals surface area contributed by atoms with Crippen LogP contribution in [0.2, 0.25) is 0 Å². The number of hydrogen-bond acceptors (Lipinski definition) is 6. The molecular weight excluding hydrogens is 428 g/mol. The number of piperazine rings is 1. The van der Waals surface area contributed by atoms with Crippen LogP contribution in [0.15, 0.2) is 89.5 Å². The molecule has 0 N–H and O–H groups in total. The van der Waals surface area contributed by atoms with Gasteiger partial charge in [-0.2, -0.15) is 4.98 Å². The van der Waals surface area contributed by atoms with E-state index in [0.717, 1.165) is 18.7 Å². The van der Waals surface area contributed by atoms with Crippen molar-refractivity contribution in [3.05, 3.63) is 102 Å². The topological polar surface area (TPSA) is 71.7 Å². The third-order valence-corrected chi connectivity index (χ3v) is 6.07. The lowest BCUT2D eigenvalue weighted by Gasteiger charge is -2.39. The lowest BCUT2D eigenvalue weighted by Crippen LogP contribution is -2.50. The molecule has 1 unspecified atom stereocenters. The average molecular weight is 455 g/mol. The molecule has 1 atom stereocenters. The number of carbonyl (C=O) groups is 1. The van der Waals surface area contributed by atoms with Gasteiger partial charge in [-0.25, -0.2) is 0 Å². The molecule has 7 nitrogen and oxygen atoms in total. The van der Waals surface area contributed by atoms with Crippen LogP contribution in [0.1, 0.15) is 27.9 Å². The van der Waals surface area contributed by atoms with Gasteiger partial charge in [0.25, 0.3) is 11.8 Å². The Labute approximate surface area is 198 Å². The van der Waals surface area contributed by atoms with Crippen LogP contribution in [0.3, 0.4) is 0 Å². The van der Waals surface area contributed by atoms with Gasteiger partial charge in [0.15, 0.2) is 0 Å². The van der Waals surface area contributed by atoms with E-state index in [0.29, 0.717) is 36.1 Å². The van der Waals surface area contributed by atoms with E-state index >= 15 is 0 Å². The van der Waals surface area contributed by atoms with Gasteiger partial charge in [-0.1, -0.05) is 65.8 Å². The molecule has 0 spiro atoms. The maximum absolute atomic E-state index is 13.5. The Bertz CT molecular complexity index is 1230. The zero-order valence-corrected chi connectivity index (χ0v) is 19.0. The van der Waals surface area contributed by atoms with Crippen LogP contribution in [0.5, 0.6) is 5.75 Å². The van der Waals surface area contributed by atoms with Crippen LogP contribution >= 0.6 is 0 Å². The maximum Gasteiger partial charge on any atom is 0.254 e. The van der Waals surface area contributed by atoms with Crippen molar-refractivity contribution in [2.75, 3.05) is 26.7 Å². The lowest BCUT2D eigenvalue weighted by molar-refractivity contribution is 0.0357. The van der Waals surface area contributed by atoms with Gasteiger partial charge in [0.05, 0.1) is 7.11 Å². The summed E-state index contributed by atoms with van der Waals surface area (Å²) in [5.41, 5.74) is 2.71. The van der Waals surface area contributed by atoms with E-state index in [2.05, 4.69) is 27.2 Å². The second-order valence-electron chi connectivity index (χ2n) is 8.29. The van der Waals surface area contributed by atoms with Crippen LogP contribution in [0, 0.1) is 0 Å². The summed E-state index contributed by atoms with van der Waals surface area (Å²) in [7, 11) is 1.61. The van der Waals surface area contributed by atoms with Gasteiger partial charge in [0.1, 0.15) is 11.8 Å². The SMILES string of the molecule is COc1ccc(C(=O)N2CCN(Cc3ccccc3)CC2c2nc(-c3ccccc3)no2)cc1. The molecule has 1 amide bonds. The molecule has 2 heterocycles. The minimum absolute atomic E-state index is 0.0634. The van der Waals surface area contributed by atoms with E-state index in [4.69, 9.17) is 9.26 Å². The quantitative estimate of drug-likeness (QED) is 0.429. The fourth-order valence-corrected chi connectivity index (χ4v) is 4.25. The number of benzene rings is 3. The van der Waals surface area contributed by atoms with Gasteiger partial charge in [-0.15, -0.1) is 0 Å². The molecule has 0 bridgehead atoms. The fourth-order valence-electron chi connectivity index (χ4n) is 4.25. The van der Waals surface area contributed by atoms with Gasteiger partial charge in [-0.3, -0.25) is 9.69 Å². The molecule has 1 aliphatic rings. The highest BCUT2D eigenvalue weighted by molar-refractivity contribution is 5.94. The van der Waals surface area contributed by atoms with E-state index in [-0.39, 0.29) is 11.9 Å². The zero-order valence-electron chi connectivity index (χ0n) is 19.0. The van der Waals surface area contributed by atoms with Gasteiger partial charge in [-0.05, 0) is 29.8 Å². The highest BCUT2D eigenvalue weighted by atomic mass is 16.5. The van der Waals surface area contributed by atoms with Gasteiger partial charge in [0.2, 0.25) is 5.82 Å². The van der Waals surface area contributed by atoms with Crippen molar-refractivity contribution in [3.63, 3.8) is 0 Å². The highest BCUT2D eigenvalue weighted by Gasteiger charge is 2.36. The largest absolute Gasteiger partial charge is 0.497 e. The minimum Gasteiger partial charge on any atom is -0.497 e. The number of ether oxygens (including phenoxy) is 1. The molecule has 4 aromatic rings. The van der Waals surface area contributed by atoms with E-state index in [9.17, 15) is 4.79 Å². The van der Waals surface area contributed by atoms with E-state index in [1.165, 1.54) is 5.56 Å². The number of nitrogens with zero attached hydrogens (tertiary/aromatic N) is 4. The van der Waals surface area contributed by atoms with Crippen molar-refractivity contribution in [2.24, 2.45) is 0 Å². The first-order chi connectivity index (χ1) is 16.7. The minimum atomic E-state index is -0.350. The summed E-state index contributed by atoms with van der Waals surface area (Å²) in [6, 6.07) is 26.9. The molecule has 0 aliphatic carbocycles. The van der Waals surface area contributed by atoms with Crippen molar-refractivity contribution in [3.8, 4) is 17.1 Å². The summed E-state index contributed by atoms with van der Waals surface area (Å²) in [5.74, 6) is 1.61. The van der Waals surface area contributed by atoms with Gasteiger partial charge in [0, 0.05) is 37.3 Å². The third kappa shape index (κ3) is 4.70. The smallest absolute Gasteiger partial charge is 0.254 e. The highest BCUT2D eigenvalue weighted by Crippen LogP contribution is 2.29. The van der Waals surface area contributed by atoms with Crippen molar-refractivity contribution >= 4 is 5.91 Å². The molecule has 34 heavy (non-hydrogen) atoms. The first kappa shape index (κ1) is 21.9. The van der Waals surface area contributed by atoms with E-state index in [1.54, 1.807) is 31.4 Å². The molecule has 5 rings (SSSR count). The first-order valence-electron chi connectivity index (χ1n) is 11.3. The third-order valence-electron chi connectivity index (χ3n) is 6.07. The van der Waals surface area contributed by atoms with E-state index in [1.807, 2.05) is 53.4 Å². The zero-order chi connectivity index (χ0) is 23.3. The standard InChI is InChI=1S/C27H26N4O3/c1-33-23-14-12-22(13-15-23)27(32)31-17-16-30(18-20-8-4-2-5-9-20)19-24(31)26-28-25(29-34-26)21-10-6-3-7-11-21/h2-15,24H,16-19H2,1H3. The summed E-state index contributed by atoms with van der Waals surface area (Å²) < 4.78 is 10.9. The summed E-state index contributed by atoms with van der Waals surface area (Å²) in [6.45, 7) is 2.72. The number of rotatable bonds is 6. The molecule has 3 aromatic carbocycles. The molecular formula is C27H26N4O3. The summed E-state index contributed by atoms with van der Waals surface area (Å²) in [4.78, 5) is 22.3. The molecule has 172 valence electrons. The van der Waals surface area contributed by atoms with Crippen LogP contribution < -0.4 is 4.74 Å². The Kier molecular flexibility index (Phi) is 6.35. The second kappa shape index (κ2) is 9.89. The second-order valence-corrected chi connectivity index (χ2v) is 8.29. The summed E-state index contributed by atoms with van der Waals surface area (Å²) >= 11 is 0. The van der Waals surface area contributed by atoms with Crippen LogP contribution in [0.4, 0.5) is 0 Å². The Morgan fingerprint density at radius 1 is 0.971 bits per heavy atom. The fraction of sp³-hybridized carbons (Fsp3) is 0.222. The monoisotopic (exact) mass is 454 g/mol. The predicted octanol–water partition coefficient (Wildman–Crippen LogP) is 4.44. The molecule has 0 saturated carbocycles. The normalized spacial score (nSPS) is 16.4. The number of methoxy groups -OCH3 is 1. The summed E-state index contributed by atoms with van der Waals surface area (Å²) in [6.07, 6.45) is 0. The Balaban J connectivity index is 1.43. The Hall–Kier alpha value is -3.97. The van der Waals surface area contributed by atoms with Crippen molar-refractivity contribution in [1.82, 2.24) is 19.9 Å². The van der Waals surface area contributed by atoms with Crippen molar-refractivity contribution < 1.29 is 14.1 Å². The maximum atomic E-state index is 13.5. The summed E-state index contributed by atoms with van der Waals surface area (Å²) in [5, 5.41) is 4.20. The molecule has 1 aromatic heterocycles. The Morgan fingerprint density at radius 3 is 2.38 bits per heavy atom. The van der Waals surface area contributed by atoms with E-state index < -0.39 is 0 Å². The van der Waals surface area contributed by atoms with Gasteiger partial charge >= 0.3 is 0 Å². The predicted molar refractivity (Wildman–Crippen MR) is 128 cm³/mol. The molecule has 7 heteroatoms. The first-order valence-corrected chi connectivity index (χ1v) is 11.3.